The summed E-state index contributed by atoms with van der Waals surface area (Å²) in [6, 6.07) is 3.26. The maximum absolute atomic E-state index is 7.34. The van der Waals surface area contributed by atoms with E-state index < -0.39 is 6.56 Å². The molecular formula is C8H11NO. The summed E-state index contributed by atoms with van der Waals surface area (Å²) in [5.41, 5.74) is 0. The third-order valence-corrected chi connectivity index (χ3v) is 0.984. The van der Waals surface area contributed by atoms with E-state index >= 15 is 0 Å². The van der Waals surface area contributed by atoms with Crippen molar-refractivity contribution in [1.82, 2.24) is 4.98 Å². The van der Waals surface area contributed by atoms with Gasteiger partial charge < -0.3 is 4.74 Å². The highest BCUT2D eigenvalue weighted by Gasteiger charge is 1.87. The number of nitrogens with zero attached hydrogens (tertiary/aromatic N) is 1. The fourth-order valence-corrected chi connectivity index (χ4v) is 0.562. The van der Waals surface area contributed by atoms with Gasteiger partial charge in [-0.25, -0.2) is 0 Å². The first kappa shape index (κ1) is 4.72. The molecule has 0 N–H and O–H groups in total. The van der Waals surface area contributed by atoms with Crippen LogP contribution in [-0.4, -0.2) is 11.5 Å². The van der Waals surface area contributed by atoms with Gasteiger partial charge in [-0.2, -0.15) is 0 Å². The molecule has 0 aliphatic heterocycles. The van der Waals surface area contributed by atoms with Crippen LogP contribution in [0.25, 0.3) is 0 Å². The summed E-state index contributed by atoms with van der Waals surface area (Å²) in [5, 5.41) is 0. The Morgan fingerprint density at radius 2 is 2.30 bits per heavy atom. The summed E-state index contributed by atoms with van der Waals surface area (Å²) in [7, 11) is 0. The Hall–Kier alpha value is -1.05. The normalized spacial score (nSPS) is 13.7. The second-order valence-electron chi connectivity index (χ2n) is 1.78. The molecule has 0 aromatic carbocycles. The minimum Gasteiger partial charge on any atom is -0.493 e. The predicted octanol–water partition coefficient (Wildman–Crippen LogP) is 1.87. The minimum atomic E-state index is -1.58. The fraction of sp³-hybridized carbons (Fsp3) is 0.375. The van der Waals surface area contributed by atoms with Crippen LogP contribution in [0.3, 0.4) is 0 Å². The van der Waals surface area contributed by atoms with Gasteiger partial charge in [-0.3, -0.25) is 4.98 Å². The van der Waals surface area contributed by atoms with E-state index in [-0.39, 0.29) is 0 Å². The summed E-state index contributed by atoms with van der Waals surface area (Å²) in [5.74, 6) is 0.511. The van der Waals surface area contributed by atoms with Gasteiger partial charge in [-0.15, -0.1) is 0 Å². The largest absolute Gasteiger partial charge is 0.493 e. The van der Waals surface area contributed by atoms with Crippen LogP contribution >= 0.6 is 0 Å². The molecule has 2 heteroatoms. The monoisotopic (exact) mass is 139 g/mol. The molecule has 0 aliphatic carbocycles. The van der Waals surface area contributed by atoms with Gasteiger partial charge in [0.1, 0.15) is 5.75 Å². The highest BCUT2D eigenvalue weighted by atomic mass is 16.5. The van der Waals surface area contributed by atoms with Gasteiger partial charge >= 0.3 is 0 Å². The Balaban J connectivity index is 2.64. The smallest absolute Gasteiger partial charge is 0.122 e. The molecule has 0 fully saturated rings. The summed E-state index contributed by atoms with van der Waals surface area (Å²) >= 11 is 0. The molecule has 2 nitrogen and oxygen atoms in total. The van der Waals surface area contributed by atoms with E-state index in [1.54, 1.807) is 31.5 Å². The third-order valence-electron chi connectivity index (χ3n) is 0.984. The summed E-state index contributed by atoms with van der Waals surface area (Å²) in [6.45, 7) is 0.155. The van der Waals surface area contributed by atoms with E-state index in [4.69, 9.17) is 7.48 Å². The zero-order valence-electron chi connectivity index (χ0n) is 7.87. The van der Waals surface area contributed by atoms with Crippen LogP contribution in [0.5, 0.6) is 5.75 Å². The molecular weight excluding hydrogens is 126 g/mol. The minimum absolute atomic E-state index is 0.329. The molecule has 0 saturated carbocycles. The number of rotatable bonds is 3. The highest BCUT2D eigenvalue weighted by molar-refractivity contribution is 5.16. The molecule has 1 heterocycles. The molecule has 0 amide bonds. The predicted molar refractivity (Wildman–Crippen MR) is 40.0 cm³/mol. The van der Waals surface area contributed by atoms with Crippen LogP contribution in [0, 0.1) is 0 Å². The summed E-state index contributed by atoms with van der Waals surface area (Å²) in [4.78, 5) is 3.80. The molecule has 0 saturated heterocycles. The lowest BCUT2D eigenvalue weighted by Gasteiger charge is -2.01. The Bertz CT molecular complexity index is 238. The third kappa shape index (κ3) is 2.05. The quantitative estimate of drug-likeness (QED) is 0.637. The van der Waals surface area contributed by atoms with Crippen LogP contribution in [0.2, 0.25) is 0 Å². The molecule has 0 atom stereocenters. The molecule has 0 unspecified atom stereocenters. The van der Waals surface area contributed by atoms with Crippen LogP contribution in [0.15, 0.2) is 24.5 Å². The lowest BCUT2D eigenvalue weighted by molar-refractivity contribution is 0.317. The van der Waals surface area contributed by atoms with Crippen molar-refractivity contribution in [2.75, 3.05) is 6.56 Å². The summed E-state index contributed by atoms with van der Waals surface area (Å²) < 4.78 is 19.7. The molecule has 0 aliphatic rings. The van der Waals surface area contributed by atoms with Gasteiger partial charge in [0, 0.05) is 12.4 Å². The maximum Gasteiger partial charge on any atom is 0.122 e. The average Bonchev–Trinajstić information content (AvgIpc) is 2.06. The van der Waals surface area contributed by atoms with Gasteiger partial charge in [-0.05, 0) is 18.6 Å². The van der Waals surface area contributed by atoms with Crippen molar-refractivity contribution in [3.8, 4) is 5.75 Å². The molecule has 1 rings (SSSR count). The van der Waals surface area contributed by atoms with Crippen LogP contribution in [-0.2, 0) is 0 Å². The zero-order valence-corrected chi connectivity index (χ0v) is 5.87. The number of hydrogen-bond donors (Lipinski definition) is 0. The van der Waals surface area contributed by atoms with E-state index in [2.05, 4.69) is 4.98 Å². The molecule has 0 bridgehead atoms. The van der Waals surface area contributed by atoms with Gasteiger partial charge in [0.15, 0.2) is 0 Å². The van der Waals surface area contributed by atoms with Crippen LogP contribution in [0.4, 0.5) is 0 Å². The molecule has 0 radical (unpaired) electrons. The Morgan fingerprint density at radius 3 is 2.90 bits per heavy atom. The zero-order chi connectivity index (χ0) is 9.03. The first-order valence-electron chi connectivity index (χ1n) is 4.23. The van der Waals surface area contributed by atoms with Crippen molar-refractivity contribution in [2.24, 2.45) is 0 Å². The van der Waals surface area contributed by atoms with Gasteiger partial charge in [-0.1, -0.05) is 6.92 Å². The number of ether oxygens (including phenoxy) is 1. The molecule has 0 spiro atoms. The standard InChI is InChI=1S/C8H11NO/c1-2-7-10-8-3-5-9-6-4-8/h3-6H,2,7H2,1H3/i7D2. The molecule has 1 aromatic heterocycles. The lowest BCUT2D eigenvalue weighted by Crippen LogP contribution is -1.94. The topological polar surface area (TPSA) is 22.1 Å². The van der Waals surface area contributed by atoms with E-state index in [1.165, 1.54) is 0 Å². The first-order valence-corrected chi connectivity index (χ1v) is 3.23. The van der Waals surface area contributed by atoms with Crippen molar-refractivity contribution < 1.29 is 7.48 Å². The summed E-state index contributed by atoms with van der Waals surface area (Å²) in [6.07, 6.45) is 3.47. The SMILES string of the molecule is [2H]C([2H])(CC)Oc1ccncc1. The van der Waals surface area contributed by atoms with Crippen LogP contribution < -0.4 is 4.74 Å². The number of hydrogen-bond acceptors (Lipinski definition) is 2. The Labute approximate surface area is 63.7 Å². The van der Waals surface area contributed by atoms with E-state index in [9.17, 15) is 0 Å². The fourth-order valence-electron chi connectivity index (χ4n) is 0.562. The molecule has 10 heavy (non-hydrogen) atoms. The van der Waals surface area contributed by atoms with Crippen molar-refractivity contribution in [3.63, 3.8) is 0 Å². The molecule has 54 valence electrons. The van der Waals surface area contributed by atoms with Crippen molar-refractivity contribution in [1.29, 1.82) is 0 Å². The Kier molecular flexibility index (Phi) is 1.83. The molecule has 1 aromatic rings. The van der Waals surface area contributed by atoms with Gasteiger partial charge in [0.05, 0.1) is 9.30 Å². The van der Waals surface area contributed by atoms with E-state index in [1.807, 2.05) is 0 Å². The highest BCUT2D eigenvalue weighted by Crippen LogP contribution is 2.06. The second-order valence-corrected chi connectivity index (χ2v) is 1.78. The van der Waals surface area contributed by atoms with Gasteiger partial charge in [0.25, 0.3) is 0 Å². The first-order chi connectivity index (χ1) is 5.64. The van der Waals surface area contributed by atoms with Gasteiger partial charge in [0.2, 0.25) is 0 Å². The lowest BCUT2D eigenvalue weighted by atomic mass is 10.4. The van der Waals surface area contributed by atoms with Crippen molar-refractivity contribution in [2.45, 2.75) is 13.3 Å². The number of aromatic nitrogens is 1. The number of pyridine rings is 1. The van der Waals surface area contributed by atoms with Crippen molar-refractivity contribution >= 4 is 0 Å². The second kappa shape index (κ2) is 3.88. The van der Waals surface area contributed by atoms with E-state index in [0.717, 1.165) is 0 Å². The van der Waals surface area contributed by atoms with Crippen molar-refractivity contribution in [3.05, 3.63) is 24.5 Å². The average molecular weight is 139 g/mol. The van der Waals surface area contributed by atoms with Crippen LogP contribution in [0.1, 0.15) is 16.1 Å². The Morgan fingerprint density at radius 1 is 1.60 bits per heavy atom. The van der Waals surface area contributed by atoms with E-state index in [0.29, 0.717) is 12.2 Å². The maximum atomic E-state index is 7.34.